The topological polar surface area (TPSA) is 69.1 Å². The third-order valence-electron chi connectivity index (χ3n) is 2.42. The minimum atomic E-state index is 0.253. The first-order valence-electron chi connectivity index (χ1n) is 5.13. The summed E-state index contributed by atoms with van der Waals surface area (Å²) in [5.41, 5.74) is 8.08. The van der Waals surface area contributed by atoms with Crippen LogP contribution < -0.4 is 0 Å². The highest BCUT2D eigenvalue weighted by molar-refractivity contribution is 5.76. The largest absolute Gasteiger partial charge is 0.343 e. The van der Waals surface area contributed by atoms with Crippen molar-refractivity contribution in [2.24, 2.45) is 5.11 Å². The second-order valence-electron chi connectivity index (χ2n) is 3.50. The van der Waals surface area contributed by atoms with Crippen LogP contribution in [-0.4, -0.2) is 30.4 Å². The van der Waals surface area contributed by atoms with Crippen LogP contribution in [0.5, 0.6) is 0 Å². The Kier molecular flexibility index (Phi) is 4.86. The Labute approximate surface area is 83.7 Å². The molecule has 78 valence electrons. The second kappa shape index (κ2) is 6.27. The number of likely N-dealkylation sites (tertiary alicyclic amines) is 1. The normalized spacial score (nSPS) is 17.4. The van der Waals surface area contributed by atoms with Crippen LogP contribution in [0.2, 0.25) is 0 Å². The number of carbonyl (C=O) groups excluding carboxylic acids is 1. The van der Waals surface area contributed by atoms with Crippen molar-refractivity contribution in [3.05, 3.63) is 10.4 Å². The number of hydrogen-bond donors (Lipinski definition) is 0. The van der Waals surface area contributed by atoms with Crippen LogP contribution in [0.15, 0.2) is 5.11 Å². The first-order valence-corrected chi connectivity index (χ1v) is 5.13. The van der Waals surface area contributed by atoms with Gasteiger partial charge in [-0.3, -0.25) is 4.79 Å². The Hall–Kier alpha value is -1.22. The van der Waals surface area contributed by atoms with Gasteiger partial charge in [0.25, 0.3) is 0 Å². The summed E-state index contributed by atoms with van der Waals surface area (Å²) in [6.07, 6.45) is 4.73. The number of rotatable bonds is 4. The summed E-state index contributed by atoms with van der Waals surface area (Å²) in [7, 11) is 0. The highest BCUT2D eigenvalue weighted by atomic mass is 16.2. The standard InChI is InChI=1S/C9H16N4O/c10-12-11-6-4-8-13-7-3-1-2-5-9(13)14/h1-8H2. The maximum atomic E-state index is 11.5. The fraction of sp³-hybridized carbons (Fsp3) is 0.889. The third-order valence-corrected chi connectivity index (χ3v) is 2.42. The molecule has 0 aliphatic carbocycles. The molecule has 1 heterocycles. The van der Waals surface area contributed by atoms with Crippen molar-refractivity contribution in [1.82, 2.24) is 4.90 Å². The summed E-state index contributed by atoms with van der Waals surface area (Å²) in [5, 5.41) is 3.45. The maximum Gasteiger partial charge on any atom is 0.222 e. The van der Waals surface area contributed by atoms with Gasteiger partial charge >= 0.3 is 0 Å². The van der Waals surface area contributed by atoms with Gasteiger partial charge in [0.2, 0.25) is 5.91 Å². The summed E-state index contributed by atoms with van der Waals surface area (Å²) >= 11 is 0. The Bertz CT molecular complexity index is 235. The van der Waals surface area contributed by atoms with Crippen LogP contribution in [0.1, 0.15) is 32.1 Å². The van der Waals surface area contributed by atoms with Gasteiger partial charge in [-0.1, -0.05) is 11.5 Å². The quantitative estimate of drug-likeness (QED) is 0.294. The van der Waals surface area contributed by atoms with E-state index in [-0.39, 0.29) is 5.91 Å². The minimum absolute atomic E-state index is 0.253. The lowest BCUT2D eigenvalue weighted by atomic mass is 10.2. The molecule has 0 aromatic carbocycles. The molecule has 0 radical (unpaired) electrons. The molecule has 0 spiro atoms. The van der Waals surface area contributed by atoms with Gasteiger partial charge in [-0.25, -0.2) is 0 Å². The van der Waals surface area contributed by atoms with Crippen LogP contribution in [0.4, 0.5) is 0 Å². The van der Waals surface area contributed by atoms with E-state index in [1.807, 2.05) is 4.90 Å². The Morgan fingerprint density at radius 1 is 1.43 bits per heavy atom. The molecule has 0 saturated carbocycles. The monoisotopic (exact) mass is 196 g/mol. The summed E-state index contributed by atoms with van der Waals surface area (Å²) in [5.74, 6) is 0.253. The van der Waals surface area contributed by atoms with Gasteiger partial charge in [0, 0.05) is 31.0 Å². The molecule has 5 heteroatoms. The molecule has 1 rings (SSSR count). The third kappa shape index (κ3) is 3.66. The Morgan fingerprint density at radius 3 is 3.07 bits per heavy atom. The minimum Gasteiger partial charge on any atom is -0.343 e. The van der Waals surface area contributed by atoms with Gasteiger partial charge < -0.3 is 4.90 Å². The first-order chi connectivity index (χ1) is 6.84. The van der Waals surface area contributed by atoms with Gasteiger partial charge in [0.15, 0.2) is 0 Å². The molecule has 0 unspecified atom stereocenters. The molecule has 0 aromatic rings. The van der Waals surface area contributed by atoms with Crippen molar-refractivity contribution in [2.75, 3.05) is 19.6 Å². The molecule has 0 bridgehead atoms. The lowest BCUT2D eigenvalue weighted by molar-refractivity contribution is -0.130. The lowest BCUT2D eigenvalue weighted by Crippen LogP contribution is -2.31. The number of carbonyl (C=O) groups is 1. The zero-order valence-electron chi connectivity index (χ0n) is 8.35. The van der Waals surface area contributed by atoms with Gasteiger partial charge in [0.1, 0.15) is 0 Å². The van der Waals surface area contributed by atoms with Crippen LogP contribution in [0.25, 0.3) is 10.4 Å². The Balaban J connectivity index is 2.26. The predicted octanol–water partition coefficient (Wildman–Crippen LogP) is 2.09. The molecule has 0 N–H and O–H groups in total. The SMILES string of the molecule is [N-]=[N+]=NCCCN1CCCCCC1=O. The molecule has 1 amide bonds. The van der Waals surface area contributed by atoms with Crippen LogP contribution in [-0.2, 0) is 4.79 Å². The Morgan fingerprint density at radius 2 is 2.29 bits per heavy atom. The van der Waals surface area contributed by atoms with Crippen LogP contribution >= 0.6 is 0 Å². The molecule has 0 aromatic heterocycles. The second-order valence-corrected chi connectivity index (χ2v) is 3.50. The average molecular weight is 196 g/mol. The first kappa shape index (κ1) is 10.9. The van der Waals surface area contributed by atoms with E-state index in [1.54, 1.807) is 0 Å². The van der Waals surface area contributed by atoms with E-state index in [9.17, 15) is 4.79 Å². The van der Waals surface area contributed by atoms with Gasteiger partial charge in [-0.05, 0) is 24.8 Å². The fourth-order valence-electron chi connectivity index (χ4n) is 1.65. The lowest BCUT2D eigenvalue weighted by Gasteiger charge is -2.19. The highest BCUT2D eigenvalue weighted by Crippen LogP contribution is 2.11. The number of amides is 1. The van der Waals surface area contributed by atoms with Gasteiger partial charge in [-0.15, -0.1) is 0 Å². The highest BCUT2D eigenvalue weighted by Gasteiger charge is 2.15. The molecule has 1 aliphatic rings. The number of hydrogen-bond acceptors (Lipinski definition) is 2. The van der Waals surface area contributed by atoms with Crippen molar-refractivity contribution < 1.29 is 4.79 Å². The molecular formula is C9H16N4O. The number of azide groups is 1. The molecular weight excluding hydrogens is 180 g/mol. The van der Waals surface area contributed by atoms with E-state index in [4.69, 9.17) is 5.53 Å². The molecule has 1 aliphatic heterocycles. The van der Waals surface area contributed by atoms with Crippen molar-refractivity contribution >= 4 is 5.91 Å². The average Bonchev–Trinajstić information content (AvgIpc) is 2.39. The van der Waals surface area contributed by atoms with Crippen molar-refractivity contribution in [2.45, 2.75) is 32.1 Å². The molecule has 1 fully saturated rings. The smallest absolute Gasteiger partial charge is 0.222 e. The zero-order chi connectivity index (χ0) is 10.2. The van der Waals surface area contributed by atoms with E-state index >= 15 is 0 Å². The summed E-state index contributed by atoms with van der Waals surface area (Å²) in [6, 6.07) is 0. The van der Waals surface area contributed by atoms with E-state index in [0.717, 1.165) is 38.8 Å². The summed E-state index contributed by atoms with van der Waals surface area (Å²) < 4.78 is 0. The number of nitrogens with zero attached hydrogens (tertiary/aromatic N) is 4. The van der Waals surface area contributed by atoms with E-state index in [1.165, 1.54) is 0 Å². The van der Waals surface area contributed by atoms with E-state index in [0.29, 0.717) is 13.0 Å². The fourth-order valence-corrected chi connectivity index (χ4v) is 1.65. The zero-order valence-corrected chi connectivity index (χ0v) is 8.35. The van der Waals surface area contributed by atoms with E-state index in [2.05, 4.69) is 10.0 Å². The van der Waals surface area contributed by atoms with Gasteiger partial charge in [0.05, 0.1) is 0 Å². The van der Waals surface area contributed by atoms with Crippen molar-refractivity contribution in [1.29, 1.82) is 0 Å². The van der Waals surface area contributed by atoms with Crippen LogP contribution in [0, 0.1) is 0 Å². The van der Waals surface area contributed by atoms with Crippen LogP contribution in [0.3, 0.4) is 0 Å². The summed E-state index contributed by atoms with van der Waals surface area (Å²) in [4.78, 5) is 16.1. The summed E-state index contributed by atoms with van der Waals surface area (Å²) in [6.45, 7) is 2.09. The van der Waals surface area contributed by atoms with E-state index < -0.39 is 0 Å². The van der Waals surface area contributed by atoms with Crippen molar-refractivity contribution in [3.8, 4) is 0 Å². The molecule has 5 nitrogen and oxygen atoms in total. The van der Waals surface area contributed by atoms with Gasteiger partial charge in [-0.2, -0.15) is 0 Å². The molecule has 0 atom stereocenters. The maximum absolute atomic E-state index is 11.5. The molecule has 1 saturated heterocycles. The molecule has 14 heavy (non-hydrogen) atoms. The predicted molar refractivity (Wildman–Crippen MR) is 53.7 cm³/mol. The van der Waals surface area contributed by atoms with Crippen molar-refractivity contribution in [3.63, 3.8) is 0 Å².